The van der Waals surface area contributed by atoms with Crippen LogP contribution in [0, 0.1) is 5.82 Å². The van der Waals surface area contributed by atoms with Gasteiger partial charge in [-0.2, -0.15) is 0 Å². The number of halogens is 1. The number of hydrogen-bond donors (Lipinski definition) is 2. The van der Waals surface area contributed by atoms with Crippen molar-refractivity contribution in [1.82, 2.24) is 0 Å². The van der Waals surface area contributed by atoms with E-state index in [0.717, 1.165) is 0 Å². The first kappa shape index (κ1) is 11.9. The van der Waals surface area contributed by atoms with E-state index >= 15 is 0 Å². The van der Waals surface area contributed by atoms with Crippen LogP contribution in [0.2, 0.25) is 0 Å². The minimum Gasteiger partial charge on any atom is -0.493 e. The Bertz CT molecular complexity index is 315. The van der Waals surface area contributed by atoms with Crippen molar-refractivity contribution in [3.8, 4) is 5.75 Å². The molecule has 0 bridgehead atoms. The quantitative estimate of drug-likeness (QED) is 0.730. The molecule has 0 aliphatic rings. The lowest BCUT2D eigenvalue weighted by Gasteiger charge is -2.13. The van der Waals surface area contributed by atoms with Crippen LogP contribution < -0.4 is 10.5 Å². The van der Waals surface area contributed by atoms with Crippen molar-refractivity contribution >= 4 is 0 Å². The van der Waals surface area contributed by atoms with E-state index in [1.54, 1.807) is 13.0 Å². The minimum atomic E-state index is -0.322. The Kier molecular flexibility index (Phi) is 4.52. The molecule has 0 spiro atoms. The van der Waals surface area contributed by atoms with E-state index < -0.39 is 0 Å². The summed E-state index contributed by atoms with van der Waals surface area (Å²) in [6, 6.07) is 4.00. The van der Waals surface area contributed by atoms with Gasteiger partial charge in [-0.05, 0) is 25.1 Å². The molecule has 0 heterocycles. The number of rotatable bonds is 5. The lowest BCUT2D eigenvalue weighted by atomic mass is 10.1. The largest absolute Gasteiger partial charge is 0.493 e. The maximum atomic E-state index is 12.9. The van der Waals surface area contributed by atoms with Gasteiger partial charge in [0.15, 0.2) is 0 Å². The predicted molar refractivity (Wildman–Crippen MR) is 56.2 cm³/mol. The van der Waals surface area contributed by atoms with Crippen LogP contribution in [0.5, 0.6) is 5.75 Å². The highest BCUT2D eigenvalue weighted by Crippen LogP contribution is 2.24. The Morgan fingerprint density at radius 3 is 2.87 bits per heavy atom. The van der Waals surface area contributed by atoms with E-state index in [0.29, 0.717) is 24.3 Å². The molecule has 1 aromatic rings. The van der Waals surface area contributed by atoms with Gasteiger partial charge in [-0.1, -0.05) is 0 Å². The van der Waals surface area contributed by atoms with Gasteiger partial charge in [0.25, 0.3) is 0 Å². The number of nitrogens with two attached hydrogens (primary N) is 1. The summed E-state index contributed by atoms with van der Waals surface area (Å²) < 4.78 is 18.3. The highest BCUT2D eigenvalue weighted by atomic mass is 19.1. The van der Waals surface area contributed by atoms with Gasteiger partial charge < -0.3 is 15.6 Å². The third-order valence-electron chi connectivity index (χ3n) is 2.02. The summed E-state index contributed by atoms with van der Waals surface area (Å²) in [5, 5.41) is 8.60. The summed E-state index contributed by atoms with van der Waals surface area (Å²) in [6.07, 6.45) is 0.551. The van der Waals surface area contributed by atoms with Crippen molar-refractivity contribution in [2.45, 2.75) is 19.4 Å². The molecule has 0 fully saturated rings. The molecular formula is C11H16FNO2. The number of aliphatic hydroxyl groups excluding tert-OH is 1. The van der Waals surface area contributed by atoms with E-state index in [2.05, 4.69) is 0 Å². The monoisotopic (exact) mass is 213 g/mol. The zero-order valence-corrected chi connectivity index (χ0v) is 8.74. The average molecular weight is 213 g/mol. The van der Waals surface area contributed by atoms with Crippen LogP contribution in [0.15, 0.2) is 18.2 Å². The fourth-order valence-electron chi connectivity index (χ4n) is 1.25. The number of benzene rings is 1. The Hall–Kier alpha value is -1.13. The summed E-state index contributed by atoms with van der Waals surface area (Å²) in [7, 11) is 0. The predicted octanol–water partition coefficient (Wildman–Crippen LogP) is 1.61. The van der Waals surface area contributed by atoms with Gasteiger partial charge in [-0.15, -0.1) is 0 Å². The second-order valence-corrected chi connectivity index (χ2v) is 3.40. The molecule has 0 aliphatic heterocycles. The lowest BCUT2D eigenvalue weighted by molar-refractivity contribution is 0.232. The Morgan fingerprint density at radius 1 is 1.53 bits per heavy atom. The zero-order valence-electron chi connectivity index (χ0n) is 8.74. The van der Waals surface area contributed by atoms with Crippen molar-refractivity contribution in [2.24, 2.45) is 5.73 Å². The molecule has 0 aliphatic carbocycles. The molecule has 0 radical (unpaired) electrons. The van der Waals surface area contributed by atoms with E-state index in [1.165, 1.54) is 12.1 Å². The number of aliphatic hydroxyl groups is 1. The van der Waals surface area contributed by atoms with E-state index in [9.17, 15) is 4.39 Å². The maximum absolute atomic E-state index is 12.9. The normalized spacial score (nSPS) is 12.5. The molecule has 3 nitrogen and oxygen atoms in total. The molecule has 1 rings (SSSR count). The summed E-state index contributed by atoms with van der Waals surface area (Å²) in [5.41, 5.74) is 6.34. The first-order valence-electron chi connectivity index (χ1n) is 4.94. The molecule has 1 atom stereocenters. The average Bonchev–Trinajstić information content (AvgIpc) is 2.20. The minimum absolute atomic E-state index is 0.0781. The molecule has 3 N–H and O–H groups in total. The van der Waals surface area contributed by atoms with Crippen LogP contribution in [0.3, 0.4) is 0 Å². The standard InChI is InChI=1S/C11H16FNO2/c1-8(13)10-7-9(12)3-4-11(10)15-6-2-5-14/h3-4,7-8,14H,2,5-6,13H2,1H3/t8-/m0/s1. The molecule has 0 amide bonds. The molecule has 0 saturated carbocycles. The van der Waals surface area contributed by atoms with Crippen LogP contribution >= 0.6 is 0 Å². The molecule has 4 heteroatoms. The van der Waals surface area contributed by atoms with Crippen molar-refractivity contribution in [3.05, 3.63) is 29.6 Å². The highest BCUT2D eigenvalue weighted by molar-refractivity contribution is 5.36. The van der Waals surface area contributed by atoms with Crippen LogP contribution in [0.1, 0.15) is 24.9 Å². The second-order valence-electron chi connectivity index (χ2n) is 3.40. The van der Waals surface area contributed by atoms with E-state index in [4.69, 9.17) is 15.6 Å². The molecular weight excluding hydrogens is 197 g/mol. The van der Waals surface area contributed by atoms with Crippen LogP contribution in [0.4, 0.5) is 4.39 Å². The Labute approximate surface area is 88.7 Å². The molecule has 0 saturated heterocycles. The molecule has 15 heavy (non-hydrogen) atoms. The zero-order chi connectivity index (χ0) is 11.3. The number of ether oxygens (including phenoxy) is 1. The SMILES string of the molecule is C[C@H](N)c1cc(F)ccc1OCCCO. The van der Waals surface area contributed by atoms with Gasteiger partial charge in [0.2, 0.25) is 0 Å². The Morgan fingerprint density at radius 2 is 2.27 bits per heavy atom. The lowest BCUT2D eigenvalue weighted by Crippen LogP contribution is -2.09. The summed E-state index contributed by atoms with van der Waals surface area (Å²) in [6.45, 7) is 2.25. The molecule has 0 aromatic heterocycles. The van der Waals surface area contributed by atoms with Crippen molar-refractivity contribution in [1.29, 1.82) is 0 Å². The van der Waals surface area contributed by atoms with Gasteiger partial charge in [0, 0.05) is 24.6 Å². The van der Waals surface area contributed by atoms with Gasteiger partial charge in [0.1, 0.15) is 11.6 Å². The second kappa shape index (κ2) is 5.68. The third kappa shape index (κ3) is 3.49. The molecule has 1 aromatic carbocycles. The smallest absolute Gasteiger partial charge is 0.124 e. The van der Waals surface area contributed by atoms with Crippen molar-refractivity contribution in [3.63, 3.8) is 0 Å². The Balaban J connectivity index is 2.77. The maximum Gasteiger partial charge on any atom is 0.124 e. The van der Waals surface area contributed by atoms with Gasteiger partial charge in [-0.25, -0.2) is 4.39 Å². The summed E-state index contributed by atoms with van der Waals surface area (Å²) >= 11 is 0. The third-order valence-corrected chi connectivity index (χ3v) is 2.02. The first-order valence-corrected chi connectivity index (χ1v) is 4.94. The topological polar surface area (TPSA) is 55.5 Å². The van der Waals surface area contributed by atoms with Crippen LogP contribution in [-0.2, 0) is 0 Å². The van der Waals surface area contributed by atoms with E-state index in [1.807, 2.05) is 0 Å². The van der Waals surface area contributed by atoms with Gasteiger partial charge >= 0.3 is 0 Å². The van der Waals surface area contributed by atoms with Gasteiger partial charge in [0.05, 0.1) is 6.61 Å². The van der Waals surface area contributed by atoms with Crippen molar-refractivity contribution < 1.29 is 14.2 Å². The van der Waals surface area contributed by atoms with Crippen molar-refractivity contribution in [2.75, 3.05) is 13.2 Å². The summed E-state index contributed by atoms with van der Waals surface area (Å²) in [4.78, 5) is 0. The first-order chi connectivity index (χ1) is 7.15. The highest BCUT2D eigenvalue weighted by Gasteiger charge is 2.09. The van der Waals surface area contributed by atoms with Crippen LogP contribution in [-0.4, -0.2) is 18.3 Å². The number of hydrogen-bond acceptors (Lipinski definition) is 3. The van der Waals surface area contributed by atoms with Gasteiger partial charge in [-0.3, -0.25) is 0 Å². The fourth-order valence-corrected chi connectivity index (χ4v) is 1.25. The fraction of sp³-hybridized carbons (Fsp3) is 0.455. The van der Waals surface area contributed by atoms with Crippen LogP contribution in [0.25, 0.3) is 0 Å². The molecule has 0 unspecified atom stereocenters. The molecule has 84 valence electrons. The van der Waals surface area contributed by atoms with E-state index in [-0.39, 0.29) is 18.5 Å². The summed E-state index contributed by atoms with van der Waals surface area (Å²) in [5.74, 6) is 0.261.